The van der Waals surface area contributed by atoms with Crippen molar-refractivity contribution in [2.24, 2.45) is 0 Å². The Balaban J connectivity index is 1.45. The van der Waals surface area contributed by atoms with Crippen molar-refractivity contribution in [1.29, 1.82) is 0 Å². The molecule has 3 aliphatic rings. The predicted octanol–water partition coefficient (Wildman–Crippen LogP) is 3.48. The van der Waals surface area contributed by atoms with E-state index in [1.165, 1.54) is 5.56 Å². The van der Waals surface area contributed by atoms with Crippen LogP contribution in [0.15, 0.2) is 47.4 Å². The van der Waals surface area contributed by atoms with Gasteiger partial charge in [-0.15, -0.1) is 0 Å². The van der Waals surface area contributed by atoms with E-state index >= 15 is 0 Å². The summed E-state index contributed by atoms with van der Waals surface area (Å²) in [5.74, 6) is -0.0235. The van der Waals surface area contributed by atoms with E-state index in [0.29, 0.717) is 45.1 Å². The number of fused-ring (bicyclic) bond motifs is 1. The number of nitrogens with zero attached hydrogens (tertiary/aromatic N) is 3. The average Bonchev–Trinajstić information content (AvgIpc) is 3.24. The number of ether oxygens (including phenoxy) is 1. The highest BCUT2D eigenvalue weighted by atomic mass is 32.2. The molecule has 1 amide bonds. The van der Waals surface area contributed by atoms with Gasteiger partial charge < -0.3 is 19.9 Å². The maximum absolute atomic E-state index is 13.6. The minimum atomic E-state index is -3.60. The van der Waals surface area contributed by atoms with E-state index in [1.54, 1.807) is 16.4 Å². The Morgan fingerprint density at radius 3 is 2.47 bits per heavy atom. The van der Waals surface area contributed by atoms with Crippen molar-refractivity contribution in [1.82, 2.24) is 4.31 Å². The highest BCUT2D eigenvalue weighted by Crippen LogP contribution is 2.35. The van der Waals surface area contributed by atoms with Gasteiger partial charge in [0.25, 0.3) is 0 Å². The van der Waals surface area contributed by atoms with Crippen LogP contribution in [0.3, 0.4) is 0 Å². The van der Waals surface area contributed by atoms with Crippen molar-refractivity contribution in [2.75, 3.05) is 54.5 Å². The molecule has 2 aromatic rings. The number of nitrogens with one attached hydrogen (secondary N) is 1. The van der Waals surface area contributed by atoms with Gasteiger partial charge in [0.15, 0.2) is 0 Å². The first kappa shape index (κ1) is 25.0. The number of carbonyl (C=O) groups excluding carboxylic acids is 1. The van der Waals surface area contributed by atoms with Crippen molar-refractivity contribution >= 4 is 33.0 Å². The van der Waals surface area contributed by atoms with Gasteiger partial charge in [-0.25, -0.2) is 8.42 Å². The van der Waals surface area contributed by atoms with Gasteiger partial charge >= 0.3 is 0 Å². The number of hydrogen-bond donors (Lipinski definition) is 1. The van der Waals surface area contributed by atoms with Gasteiger partial charge in [0.2, 0.25) is 15.9 Å². The third kappa shape index (κ3) is 4.84. The summed E-state index contributed by atoms with van der Waals surface area (Å²) in [5.41, 5.74) is 3.69. The lowest BCUT2D eigenvalue weighted by atomic mass is 10.1. The average molecular weight is 513 g/mol. The standard InChI is InChI=1S/C27H36N4O4S/c1-20-18-22-8-4-5-9-25(22)31(20)27(32)21(2)28-24-19-23(36(33,34)30-12-6-3-7-13-30)10-11-26(24)29-14-16-35-17-15-29/h4-5,8-11,19-21,28H,3,6-7,12-18H2,1-2H3. The number of anilines is 3. The van der Waals surface area contributed by atoms with Crippen LogP contribution in [0, 0.1) is 0 Å². The van der Waals surface area contributed by atoms with Crippen molar-refractivity contribution in [2.45, 2.75) is 56.5 Å². The Bertz CT molecular complexity index is 1210. The topological polar surface area (TPSA) is 82.2 Å². The van der Waals surface area contributed by atoms with Gasteiger partial charge in [-0.1, -0.05) is 24.6 Å². The molecule has 8 nitrogen and oxygen atoms in total. The molecule has 0 aromatic heterocycles. The van der Waals surface area contributed by atoms with Crippen molar-refractivity contribution in [3.8, 4) is 0 Å². The highest BCUT2D eigenvalue weighted by molar-refractivity contribution is 7.89. The molecule has 194 valence electrons. The van der Waals surface area contributed by atoms with Crippen molar-refractivity contribution in [3.63, 3.8) is 0 Å². The maximum Gasteiger partial charge on any atom is 0.249 e. The smallest absolute Gasteiger partial charge is 0.249 e. The molecule has 0 bridgehead atoms. The van der Waals surface area contributed by atoms with Crippen LogP contribution in [0.25, 0.3) is 0 Å². The fourth-order valence-corrected chi connectivity index (χ4v) is 7.07. The predicted molar refractivity (Wildman–Crippen MR) is 142 cm³/mol. The van der Waals surface area contributed by atoms with Crippen LogP contribution in [-0.2, 0) is 26.0 Å². The Morgan fingerprint density at radius 2 is 1.72 bits per heavy atom. The fraction of sp³-hybridized carbons (Fsp3) is 0.519. The lowest BCUT2D eigenvalue weighted by Gasteiger charge is -2.33. The molecule has 0 aliphatic carbocycles. The molecule has 3 heterocycles. The summed E-state index contributed by atoms with van der Waals surface area (Å²) in [6, 6.07) is 12.8. The first-order valence-corrected chi connectivity index (χ1v) is 14.4. The SMILES string of the molecule is CC(Nc1cc(S(=O)(=O)N2CCCCC2)ccc1N1CCOCC1)C(=O)N1c2ccccc2CC1C. The number of morpholine rings is 1. The van der Waals surface area contributed by atoms with Crippen molar-refractivity contribution < 1.29 is 17.9 Å². The maximum atomic E-state index is 13.6. The van der Waals surface area contributed by atoms with Crippen LogP contribution in [-0.4, -0.2) is 70.1 Å². The summed E-state index contributed by atoms with van der Waals surface area (Å²) in [4.78, 5) is 18.0. The second kappa shape index (κ2) is 10.4. The first-order valence-electron chi connectivity index (χ1n) is 13.0. The number of carbonyl (C=O) groups is 1. The number of amides is 1. The van der Waals surface area contributed by atoms with Gasteiger partial charge in [0, 0.05) is 37.9 Å². The number of hydrogen-bond acceptors (Lipinski definition) is 6. The van der Waals surface area contributed by atoms with Gasteiger partial charge in [0.1, 0.15) is 6.04 Å². The molecule has 2 atom stereocenters. The van der Waals surface area contributed by atoms with E-state index in [0.717, 1.165) is 37.1 Å². The number of para-hydroxylation sites is 1. The number of benzene rings is 2. The number of rotatable bonds is 6. The molecular weight excluding hydrogens is 476 g/mol. The van der Waals surface area contributed by atoms with Gasteiger partial charge in [-0.2, -0.15) is 4.31 Å². The van der Waals surface area contributed by atoms with Crippen LogP contribution in [0.1, 0.15) is 38.7 Å². The number of sulfonamides is 1. The molecule has 0 radical (unpaired) electrons. The summed E-state index contributed by atoms with van der Waals surface area (Å²) in [5, 5.41) is 3.39. The van der Waals surface area contributed by atoms with E-state index in [-0.39, 0.29) is 16.8 Å². The third-order valence-corrected chi connectivity index (χ3v) is 9.35. The van der Waals surface area contributed by atoms with E-state index in [1.807, 2.05) is 36.1 Å². The molecule has 0 spiro atoms. The normalized spacial score (nSPS) is 21.8. The van der Waals surface area contributed by atoms with E-state index < -0.39 is 16.1 Å². The van der Waals surface area contributed by atoms with Crippen LogP contribution in [0.4, 0.5) is 17.1 Å². The monoisotopic (exact) mass is 512 g/mol. The van der Waals surface area contributed by atoms with Gasteiger partial charge in [-0.3, -0.25) is 4.79 Å². The molecule has 2 saturated heterocycles. The Labute approximate surface area is 214 Å². The third-order valence-electron chi connectivity index (χ3n) is 7.46. The van der Waals surface area contributed by atoms with Gasteiger partial charge in [-0.05, 0) is 62.9 Å². The molecule has 2 aromatic carbocycles. The molecular formula is C27H36N4O4S. The fourth-order valence-electron chi connectivity index (χ4n) is 5.53. The Morgan fingerprint density at radius 1 is 1.00 bits per heavy atom. The lowest BCUT2D eigenvalue weighted by molar-refractivity contribution is -0.119. The zero-order chi connectivity index (χ0) is 25.3. The molecule has 2 fully saturated rings. The molecule has 2 unspecified atom stereocenters. The summed E-state index contributed by atoms with van der Waals surface area (Å²) >= 11 is 0. The first-order chi connectivity index (χ1) is 17.4. The molecule has 9 heteroatoms. The number of piperidine rings is 1. The molecule has 1 N–H and O–H groups in total. The van der Waals surface area contributed by atoms with E-state index in [4.69, 9.17) is 4.74 Å². The molecule has 5 rings (SSSR count). The minimum Gasteiger partial charge on any atom is -0.378 e. The summed E-state index contributed by atoms with van der Waals surface area (Å²) < 4.78 is 34.0. The second-order valence-electron chi connectivity index (χ2n) is 10.00. The van der Waals surface area contributed by atoms with Crippen LogP contribution in [0.2, 0.25) is 0 Å². The lowest BCUT2D eigenvalue weighted by Crippen LogP contribution is -2.45. The van der Waals surface area contributed by atoms with Crippen LogP contribution >= 0.6 is 0 Å². The van der Waals surface area contributed by atoms with Crippen LogP contribution in [0.5, 0.6) is 0 Å². The van der Waals surface area contributed by atoms with Crippen LogP contribution < -0.4 is 15.1 Å². The Kier molecular flexibility index (Phi) is 7.23. The zero-order valence-electron chi connectivity index (χ0n) is 21.2. The van der Waals surface area contributed by atoms with E-state index in [2.05, 4.69) is 23.2 Å². The summed E-state index contributed by atoms with van der Waals surface area (Å²) in [6.07, 6.45) is 3.66. The van der Waals surface area contributed by atoms with Gasteiger partial charge in [0.05, 0.1) is 29.5 Å². The van der Waals surface area contributed by atoms with E-state index in [9.17, 15) is 13.2 Å². The Hall–Kier alpha value is -2.62. The largest absolute Gasteiger partial charge is 0.378 e. The quantitative estimate of drug-likeness (QED) is 0.638. The summed E-state index contributed by atoms with van der Waals surface area (Å²) in [6.45, 7) is 7.68. The molecule has 3 aliphatic heterocycles. The molecule has 0 saturated carbocycles. The minimum absolute atomic E-state index is 0.0235. The molecule has 36 heavy (non-hydrogen) atoms. The summed E-state index contributed by atoms with van der Waals surface area (Å²) in [7, 11) is -3.60. The zero-order valence-corrected chi connectivity index (χ0v) is 22.0. The van der Waals surface area contributed by atoms with Crippen molar-refractivity contribution in [3.05, 3.63) is 48.0 Å². The second-order valence-corrected chi connectivity index (χ2v) is 11.9. The highest BCUT2D eigenvalue weighted by Gasteiger charge is 2.34.